The molecule has 0 bridgehead atoms. The Morgan fingerprint density at radius 3 is 2.93 bits per heavy atom. The fourth-order valence-electron chi connectivity index (χ4n) is 3.13. The third kappa shape index (κ3) is 3.64. The number of likely N-dealkylation sites (tertiary alicyclic amines) is 1. The lowest BCUT2D eigenvalue weighted by Crippen LogP contribution is -2.34. The largest absolute Gasteiger partial charge is 0.337 e. The van der Waals surface area contributed by atoms with Crippen LogP contribution in [0.15, 0.2) is 53.1 Å². The molecule has 0 aliphatic carbocycles. The van der Waals surface area contributed by atoms with Crippen LogP contribution in [0.1, 0.15) is 24.8 Å². The molecule has 1 N–H and O–H groups in total. The predicted octanol–water partition coefficient (Wildman–Crippen LogP) is 4.90. The SMILES string of the molecule is O=C(Nc1ccccc1F)N1CCC[C@@H]1c1nc(-c2cccc(Cl)c2)no1. The van der Waals surface area contributed by atoms with Crippen LogP contribution in [0.3, 0.4) is 0 Å². The van der Waals surface area contributed by atoms with Crippen LogP contribution >= 0.6 is 11.6 Å². The van der Waals surface area contributed by atoms with E-state index in [1.165, 1.54) is 12.1 Å². The molecule has 1 atom stereocenters. The van der Waals surface area contributed by atoms with E-state index in [0.29, 0.717) is 29.7 Å². The first-order valence-corrected chi connectivity index (χ1v) is 8.91. The van der Waals surface area contributed by atoms with Crippen molar-refractivity contribution in [3.05, 3.63) is 65.3 Å². The molecule has 1 saturated heterocycles. The van der Waals surface area contributed by atoms with E-state index in [4.69, 9.17) is 16.1 Å². The summed E-state index contributed by atoms with van der Waals surface area (Å²) in [6.07, 6.45) is 1.49. The molecule has 0 unspecified atom stereocenters. The Hall–Kier alpha value is -2.93. The first kappa shape index (κ1) is 17.5. The lowest BCUT2D eigenvalue weighted by Gasteiger charge is -2.22. The second-order valence-electron chi connectivity index (χ2n) is 6.23. The molecular weight excluding hydrogens is 371 g/mol. The Kier molecular flexibility index (Phi) is 4.77. The van der Waals surface area contributed by atoms with Gasteiger partial charge in [-0.25, -0.2) is 9.18 Å². The lowest BCUT2D eigenvalue weighted by atomic mass is 10.2. The number of urea groups is 1. The van der Waals surface area contributed by atoms with Crippen LogP contribution in [0.2, 0.25) is 5.02 Å². The van der Waals surface area contributed by atoms with E-state index in [2.05, 4.69) is 15.5 Å². The number of carbonyl (C=O) groups is 1. The molecule has 1 aliphatic heterocycles. The summed E-state index contributed by atoms with van der Waals surface area (Å²) in [6.45, 7) is 0.528. The fraction of sp³-hybridized carbons (Fsp3) is 0.211. The number of halogens is 2. The van der Waals surface area contributed by atoms with Crippen molar-refractivity contribution in [3.63, 3.8) is 0 Å². The zero-order valence-electron chi connectivity index (χ0n) is 14.2. The summed E-state index contributed by atoms with van der Waals surface area (Å²) in [5.74, 6) is 0.280. The van der Waals surface area contributed by atoms with Crippen LogP contribution in [0, 0.1) is 5.82 Å². The third-order valence-corrected chi connectivity index (χ3v) is 4.67. The summed E-state index contributed by atoms with van der Waals surface area (Å²) >= 11 is 6.01. The summed E-state index contributed by atoms with van der Waals surface area (Å²) in [5, 5.41) is 7.18. The van der Waals surface area contributed by atoms with Gasteiger partial charge < -0.3 is 14.7 Å². The van der Waals surface area contributed by atoms with Crippen molar-refractivity contribution in [1.82, 2.24) is 15.0 Å². The Labute approximate surface area is 159 Å². The number of rotatable bonds is 3. The number of amides is 2. The van der Waals surface area contributed by atoms with Crippen LogP contribution in [0.25, 0.3) is 11.4 Å². The standard InChI is InChI=1S/C19H16ClFN4O2/c20-13-6-3-5-12(11-13)17-23-18(27-24-17)16-9-4-10-25(16)19(26)22-15-8-2-1-7-14(15)21/h1-3,5-8,11,16H,4,9-10H2,(H,22,26)/t16-/m1/s1. The second-order valence-corrected chi connectivity index (χ2v) is 6.66. The molecule has 3 aromatic rings. The van der Waals surface area contributed by atoms with Crippen molar-refractivity contribution in [1.29, 1.82) is 0 Å². The minimum atomic E-state index is -0.484. The topological polar surface area (TPSA) is 71.3 Å². The van der Waals surface area contributed by atoms with Crippen LogP contribution in [0.5, 0.6) is 0 Å². The number of benzene rings is 2. The Morgan fingerprint density at radius 2 is 2.11 bits per heavy atom. The maximum atomic E-state index is 13.8. The molecule has 1 aliphatic rings. The number of nitrogens with zero attached hydrogens (tertiary/aromatic N) is 3. The molecule has 4 rings (SSSR count). The molecule has 0 spiro atoms. The number of para-hydroxylation sites is 1. The summed E-state index contributed by atoms with van der Waals surface area (Å²) in [4.78, 5) is 18.6. The van der Waals surface area contributed by atoms with Crippen molar-refractivity contribution < 1.29 is 13.7 Å². The normalized spacial score (nSPS) is 16.5. The number of nitrogens with one attached hydrogen (secondary N) is 1. The highest BCUT2D eigenvalue weighted by Gasteiger charge is 2.34. The van der Waals surface area contributed by atoms with Crippen LogP contribution in [0.4, 0.5) is 14.9 Å². The number of anilines is 1. The Bertz CT molecular complexity index is 978. The number of hydrogen-bond acceptors (Lipinski definition) is 4. The minimum absolute atomic E-state index is 0.137. The monoisotopic (exact) mass is 386 g/mol. The number of carbonyl (C=O) groups excluding carboxylic acids is 1. The van der Waals surface area contributed by atoms with E-state index in [-0.39, 0.29) is 11.7 Å². The van der Waals surface area contributed by atoms with Gasteiger partial charge in [0.1, 0.15) is 11.9 Å². The van der Waals surface area contributed by atoms with Crippen LogP contribution < -0.4 is 5.32 Å². The van der Waals surface area contributed by atoms with Gasteiger partial charge in [-0.2, -0.15) is 4.98 Å². The molecule has 2 amide bonds. The summed E-state index contributed by atoms with van der Waals surface area (Å²) < 4.78 is 19.2. The first-order chi connectivity index (χ1) is 13.1. The number of aromatic nitrogens is 2. The average molecular weight is 387 g/mol. The van der Waals surface area contributed by atoms with Crippen LogP contribution in [-0.4, -0.2) is 27.6 Å². The minimum Gasteiger partial charge on any atom is -0.337 e. The van der Waals surface area contributed by atoms with Gasteiger partial charge >= 0.3 is 6.03 Å². The van der Waals surface area contributed by atoms with Gasteiger partial charge in [-0.1, -0.05) is 41.0 Å². The molecular formula is C19H16ClFN4O2. The van der Waals surface area contributed by atoms with Gasteiger partial charge in [-0.3, -0.25) is 0 Å². The maximum Gasteiger partial charge on any atom is 0.322 e. The highest BCUT2D eigenvalue weighted by atomic mass is 35.5. The molecule has 27 heavy (non-hydrogen) atoms. The zero-order valence-corrected chi connectivity index (χ0v) is 15.0. The fourth-order valence-corrected chi connectivity index (χ4v) is 3.32. The third-order valence-electron chi connectivity index (χ3n) is 4.44. The van der Waals surface area contributed by atoms with E-state index in [9.17, 15) is 9.18 Å². The van der Waals surface area contributed by atoms with Gasteiger partial charge in [0.05, 0.1) is 5.69 Å². The van der Waals surface area contributed by atoms with Crippen molar-refractivity contribution in [2.24, 2.45) is 0 Å². The smallest absolute Gasteiger partial charge is 0.322 e. The molecule has 6 nitrogen and oxygen atoms in total. The zero-order chi connectivity index (χ0) is 18.8. The van der Waals surface area contributed by atoms with Gasteiger partial charge in [0.15, 0.2) is 0 Å². The molecule has 2 heterocycles. The van der Waals surface area contributed by atoms with Gasteiger partial charge in [0.2, 0.25) is 11.7 Å². The molecule has 0 saturated carbocycles. The summed E-state index contributed by atoms with van der Waals surface area (Å²) in [5.41, 5.74) is 0.871. The van der Waals surface area contributed by atoms with Crippen molar-refractivity contribution in [2.45, 2.75) is 18.9 Å². The summed E-state index contributed by atoms with van der Waals surface area (Å²) in [7, 11) is 0. The lowest BCUT2D eigenvalue weighted by molar-refractivity contribution is 0.193. The first-order valence-electron chi connectivity index (χ1n) is 8.53. The maximum absolute atomic E-state index is 13.8. The summed E-state index contributed by atoms with van der Waals surface area (Å²) in [6, 6.07) is 12.4. The Balaban J connectivity index is 1.53. The highest BCUT2D eigenvalue weighted by molar-refractivity contribution is 6.30. The highest BCUT2D eigenvalue weighted by Crippen LogP contribution is 2.33. The molecule has 2 aromatic carbocycles. The van der Waals surface area contributed by atoms with Crippen molar-refractivity contribution in [3.8, 4) is 11.4 Å². The van der Waals surface area contributed by atoms with E-state index in [1.807, 2.05) is 6.07 Å². The van der Waals surface area contributed by atoms with Crippen molar-refractivity contribution >= 4 is 23.3 Å². The van der Waals surface area contributed by atoms with Crippen LogP contribution in [-0.2, 0) is 0 Å². The van der Waals surface area contributed by atoms with Gasteiger partial charge in [0.25, 0.3) is 0 Å². The Morgan fingerprint density at radius 1 is 1.26 bits per heavy atom. The second kappa shape index (κ2) is 7.36. The molecule has 1 aromatic heterocycles. The van der Waals surface area contributed by atoms with E-state index >= 15 is 0 Å². The quantitative estimate of drug-likeness (QED) is 0.695. The van der Waals surface area contributed by atoms with Gasteiger partial charge in [0, 0.05) is 17.1 Å². The molecule has 0 radical (unpaired) electrons. The number of hydrogen-bond donors (Lipinski definition) is 1. The molecule has 1 fully saturated rings. The predicted molar refractivity (Wildman–Crippen MR) is 98.8 cm³/mol. The van der Waals surface area contributed by atoms with Gasteiger partial charge in [-0.15, -0.1) is 0 Å². The van der Waals surface area contributed by atoms with E-state index in [1.54, 1.807) is 35.2 Å². The molecule has 8 heteroatoms. The van der Waals surface area contributed by atoms with E-state index in [0.717, 1.165) is 12.0 Å². The molecule has 138 valence electrons. The van der Waals surface area contributed by atoms with Crippen molar-refractivity contribution in [2.75, 3.05) is 11.9 Å². The van der Waals surface area contributed by atoms with Gasteiger partial charge in [-0.05, 0) is 37.1 Å². The average Bonchev–Trinajstić information content (AvgIpc) is 3.33. The van der Waals surface area contributed by atoms with E-state index < -0.39 is 11.8 Å².